The summed E-state index contributed by atoms with van der Waals surface area (Å²) in [5, 5.41) is 0. The predicted octanol–water partition coefficient (Wildman–Crippen LogP) is 5.84. The van der Waals surface area contributed by atoms with Gasteiger partial charge in [0.05, 0.1) is 10.0 Å². The highest BCUT2D eigenvalue weighted by molar-refractivity contribution is 9.11. The SMILES string of the molecule is O=Cc1ccc(Oc2ccc(Br)cc2Br)cc1C(F)(F)F. The minimum Gasteiger partial charge on any atom is -0.456 e. The number of carbonyl (C=O) groups is 1. The molecule has 0 aliphatic rings. The van der Waals surface area contributed by atoms with Crippen LogP contribution in [0.2, 0.25) is 0 Å². The molecule has 0 N–H and O–H groups in total. The highest BCUT2D eigenvalue weighted by Gasteiger charge is 2.33. The Balaban J connectivity index is 2.39. The maximum absolute atomic E-state index is 12.9. The average Bonchev–Trinajstić information content (AvgIpc) is 2.41. The van der Waals surface area contributed by atoms with Crippen molar-refractivity contribution in [1.29, 1.82) is 0 Å². The van der Waals surface area contributed by atoms with Crippen LogP contribution in [0.3, 0.4) is 0 Å². The number of carbonyl (C=O) groups excluding carboxylic acids is 1. The molecule has 0 saturated carbocycles. The van der Waals surface area contributed by atoms with E-state index in [9.17, 15) is 18.0 Å². The summed E-state index contributed by atoms with van der Waals surface area (Å²) in [7, 11) is 0. The van der Waals surface area contributed by atoms with Crippen LogP contribution >= 0.6 is 31.9 Å². The van der Waals surface area contributed by atoms with E-state index >= 15 is 0 Å². The molecule has 0 bridgehead atoms. The molecule has 0 aliphatic carbocycles. The molecule has 0 fully saturated rings. The van der Waals surface area contributed by atoms with Gasteiger partial charge in [-0.25, -0.2) is 0 Å². The van der Waals surface area contributed by atoms with Gasteiger partial charge < -0.3 is 4.74 Å². The van der Waals surface area contributed by atoms with Gasteiger partial charge in [-0.1, -0.05) is 15.9 Å². The Bertz CT molecular complexity index is 684. The van der Waals surface area contributed by atoms with E-state index in [0.29, 0.717) is 10.2 Å². The van der Waals surface area contributed by atoms with Crippen LogP contribution in [0.1, 0.15) is 15.9 Å². The van der Waals surface area contributed by atoms with Gasteiger partial charge in [0.1, 0.15) is 11.5 Å². The number of hydrogen-bond donors (Lipinski definition) is 0. The van der Waals surface area contributed by atoms with Gasteiger partial charge in [0, 0.05) is 10.0 Å². The lowest BCUT2D eigenvalue weighted by molar-refractivity contribution is -0.137. The van der Waals surface area contributed by atoms with Crippen LogP contribution in [0.25, 0.3) is 0 Å². The van der Waals surface area contributed by atoms with Crippen LogP contribution in [0, 0.1) is 0 Å². The van der Waals surface area contributed by atoms with Crippen LogP contribution in [0.5, 0.6) is 11.5 Å². The first-order chi connectivity index (χ1) is 9.81. The van der Waals surface area contributed by atoms with E-state index in [1.165, 1.54) is 6.07 Å². The van der Waals surface area contributed by atoms with E-state index in [0.717, 1.165) is 16.6 Å². The van der Waals surface area contributed by atoms with Crippen LogP contribution in [0.15, 0.2) is 45.3 Å². The summed E-state index contributed by atoms with van der Waals surface area (Å²) in [6.45, 7) is 0. The molecule has 110 valence electrons. The first kappa shape index (κ1) is 16.0. The van der Waals surface area contributed by atoms with Gasteiger partial charge in [-0.15, -0.1) is 0 Å². The van der Waals surface area contributed by atoms with Crippen LogP contribution in [-0.2, 0) is 6.18 Å². The lowest BCUT2D eigenvalue weighted by Crippen LogP contribution is -2.09. The van der Waals surface area contributed by atoms with Gasteiger partial charge in [0.25, 0.3) is 0 Å². The molecule has 2 nitrogen and oxygen atoms in total. The number of aldehydes is 1. The smallest absolute Gasteiger partial charge is 0.417 e. The molecule has 0 spiro atoms. The zero-order valence-corrected chi connectivity index (χ0v) is 13.4. The zero-order chi connectivity index (χ0) is 15.6. The molecule has 7 heteroatoms. The van der Waals surface area contributed by atoms with Gasteiger partial charge in [0.2, 0.25) is 0 Å². The third kappa shape index (κ3) is 3.85. The number of benzene rings is 2. The molecule has 0 unspecified atom stereocenters. The van der Waals surface area contributed by atoms with Crippen LogP contribution < -0.4 is 4.74 Å². The molecule has 0 saturated heterocycles. The Kier molecular flexibility index (Phi) is 4.73. The van der Waals surface area contributed by atoms with Crippen molar-refractivity contribution in [1.82, 2.24) is 0 Å². The Hall–Kier alpha value is -1.34. The Morgan fingerprint density at radius 3 is 2.33 bits per heavy atom. The first-order valence-electron chi connectivity index (χ1n) is 5.60. The minimum atomic E-state index is -4.62. The molecule has 21 heavy (non-hydrogen) atoms. The zero-order valence-electron chi connectivity index (χ0n) is 10.2. The topological polar surface area (TPSA) is 26.3 Å². The second-order valence-corrected chi connectivity index (χ2v) is 5.81. The first-order valence-corrected chi connectivity index (χ1v) is 7.19. The summed E-state index contributed by atoms with van der Waals surface area (Å²) in [6, 6.07) is 8.21. The Morgan fingerprint density at radius 1 is 1.05 bits per heavy atom. The quantitative estimate of drug-likeness (QED) is 0.580. The van der Waals surface area contributed by atoms with E-state index in [1.807, 2.05) is 0 Å². The Morgan fingerprint density at radius 2 is 1.76 bits per heavy atom. The monoisotopic (exact) mass is 422 g/mol. The van der Waals surface area contributed by atoms with Crippen molar-refractivity contribution >= 4 is 38.1 Å². The molecule has 0 aliphatic heterocycles. The van der Waals surface area contributed by atoms with Crippen molar-refractivity contribution in [2.45, 2.75) is 6.18 Å². The van der Waals surface area contributed by atoms with Crippen molar-refractivity contribution in [2.75, 3.05) is 0 Å². The van der Waals surface area contributed by atoms with Crippen molar-refractivity contribution in [3.05, 3.63) is 56.5 Å². The molecule has 2 aromatic rings. The number of ether oxygens (including phenoxy) is 1. The van der Waals surface area contributed by atoms with Gasteiger partial charge >= 0.3 is 6.18 Å². The third-order valence-corrected chi connectivity index (χ3v) is 3.69. The van der Waals surface area contributed by atoms with E-state index in [-0.39, 0.29) is 12.0 Å². The third-order valence-electron chi connectivity index (χ3n) is 2.58. The fraction of sp³-hybridized carbons (Fsp3) is 0.0714. The molecule has 0 aromatic heterocycles. The largest absolute Gasteiger partial charge is 0.456 e. The maximum Gasteiger partial charge on any atom is 0.417 e. The van der Waals surface area contributed by atoms with E-state index < -0.39 is 17.3 Å². The fourth-order valence-electron chi connectivity index (χ4n) is 1.63. The van der Waals surface area contributed by atoms with Crippen molar-refractivity contribution < 1.29 is 22.7 Å². The number of rotatable bonds is 3. The van der Waals surface area contributed by atoms with Gasteiger partial charge in [-0.05, 0) is 52.3 Å². The lowest BCUT2D eigenvalue weighted by Gasteiger charge is -2.13. The van der Waals surface area contributed by atoms with Crippen molar-refractivity contribution in [3.63, 3.8) is 0 Å². The summed E-state index contributed by atoms with van der Waals surface area (Å²) in [5.74, 6) is 0.362. The molecular weight excluding hydrogens is 417 g/mol. The van der Waals surface area contributed by atoms with E-state index in [4.69, 9.17) is 4.74 Å². The summed E-state index contributed by atoms with van der Waals surface area (Å²) >= 11 is 6.52. The molecule has 2 aromatic carbocycles. The molecule has 0 atom stereocenters. The van der Waals surface area contributed by atoms with Gasteiger partial charge in [-0.2, -0.15) is 13.2 Å². The summed E-state index contributed by atoms with van der Waals surface area (Å²) in [6.07, 6.45) is -4.45. The number of halogens is 5. The fourth-order valence-corrected chi connectivity index (χ4v) is 2.76. The van der Waals surface area contributed by atoms with Crippen molar-refractivity contribution in [3.8, 4) is 11.5 Å². The molecule has 0 radical (unpaired) electrons. The molecule has 0 amide bonds. The second-order valence-electron chi connectivity index (χ2n) is 4.04. The second kappa shape index (κ2) is 6.19. The summed E-state index contributed by atoms with van der Waals surface area (Å²) in [5.41, 5.74) is -1.45. The van der Waals surface area contributed by atoms with E-state index in [1.54, 1.807) is 18.2 Å². The summed E-state index contributed by atoms with van der Waals surface area (Å²) < 4.78 is 45.4. The highest BCUT2D eigenvalue weighted by Crippen LogP contribution is 2.37. The molecular formula is C14H7Br2F3O2. The molecule has 0 heterocycles. The number of hydrogen-bond acceptors (Lipinski definition) is 2. The van der Waals surface area contributed by atoms with Gasteiger partial charge in [-0.3, -0.25) is 4.79 Å². The summed E-state index contributed by atoms with van der Waals surface area (Å²) in [4.78, 5) is 10.7. The standard InChI is InChI=1S/C14H7Br2F3O2/c15-9-2-4-13(12(16)5-9)21-10-3-1-8(7-20)11(6-10)14(17,18)19/h1-7H. The highest BCUT2D eigenvalue weighted by atomic mass is 79.9. The molecule has 2 rings (SSSR count). The van der Waals surface area contributed by atoms with Crippen molar-refractivity contribution in [2.24, 2.45) is 0 Å². The lowest BCUT2D eigenvalue weighted by atomic mass is 10.1. The van der Waals surface area contributed by atoms with Gasteiger partial charge in [0.15, 0.2) is 6.29 Å². The van der Waals surface area contributed by atoms with E-state index in [2.05, 4.69) is 31.9 Å². The van der Waals surface area contributed by atoms with Crippen LogP contribution in [-0.4, -0.2) is 6.29 Å². The number of alkyl halides is 3. The maximum atomic E-state index is 12.9. The normalized spacial score (nSPS) is 11.3. The van der Waals surface area contributed by atoms with Crippen LogP contribution in [0.4, 0.5) is 13.2 Å². The predicted molar refractivity (Wildman–Crippen MR) is 78.7 cm³/mol. The Labute approximate surface area is 135 Å². The average molecular weight is 424 g/mol. The minimum absolute atomic E-state index is 0.00375.